The van der Waals surface area contributed by atoms with Gasteiger partial charge in [-0.3, -0.25) is 4.28 Å². The Bertz CT molecular complexity index is 934. The van der Waals surface area contributed by atoms with E-state index in [2.05, 4.69) is 35.4 Å². The third kappa shape index (κ3) is 4.90. The number of esters is 1. The summed E-state index contributed by atoms with van der Waals surface area (Å²) in [6.45, 7) is 0. The van der Waals surface area contributed by atoms with Gasteiger partial charge in [0, 0.05) is 12.0 Å². The molecule has 1 aliphatic heterocycles. The zero-order valence-corrected chi connectivity index (χ0v) is 17.5. The first-order valence-electron chi connectivity index (χ1n) is 7.31. The van der Waals surface area contributed by atoms with Crippen LogP contribution in [0.25, 0.3) is 0 Å². The van der Waals surface area contributed by atoms with Gasteiger partial charge >= 0.3 is 16.1 Å². The molecule has 0 bridgehead atoms. The second kappa shape index (κ2) is 8.44. The average molecular weight is 486 g/mol. The van der Waals surface area contributed by atoms with Gasteiger partial charge < -0.3 is 14.8 Å². The van der Waals surface area contributed by atoms with Gasteiger partial charge in [-0.25, -0.2) is 9.18 Å². The Labute approximate surface area is 168 Å². The monoisotopic (exact) mass is 484 g/mol. The van der Waals surface area contributed by atoms with E-state index in [-0.39, 0.29) is 38.6 Å². The summed E-state index contributed by atoms with van der Waals surface area (Å²) < 4.78 is 51.4. The Morgan fingerprint density at radius 2 is 2.07 bits per heavy atom. The predicted octanol–water partition coefficient (Wildman–Crippen LogP) is 2.63. The SMILES string of the molecule is COC(=O)C1=C(Br)/C(=N/OS(C)(=O)=O)CC(c2ccc(Cl)c(OC)c2F)N1. The van der Waals surface area contributed by atoms with Crippen LogP contribution >= 0.6 is 27.5 Å². The van der Waals surface area contributed by atoms with Crippen molar-refractivity contribution in [3.8, 4) is 5.75 Å². The Morgan fingerprint density at radius 1 is 1.41 bits per heavy atom. The first kappa shape index (κ1) is 21.5. The third-order valence-corrected chi connectivity index (χ3v) is 5.02. The summed E-state index contributed by atoms with van der Waals surface area (Å²) in [6.07, 6.45) is 0.816. The molecule has 0 radical (unpaired) electrons. The molecular weight excluding hydrogens is 471 g/mol. The van der Waals surface area contributed by atoms with Gasteiger partial charge in [-0.2, -0.15) is 8.42 Å². The van der Waals surface area contributed by atoms with Crippen LogP contribution in [-0.4, -0.2) is 40.6 Å². The minimum atomic E-state index is -3.88. The molecule has 8 nitrogen and oxygen atoms in total. The van der Waals surface area contributed by atoms with Crippen molar-refractivity contribution in [1.29, 1.82) is 0 Å². The molecule has 12 heteroatoms. The number of rotatable bonds is 5. The number of methoxy groups -OCH3 is 2. The van der Waals surface area contributed by atoms with Gasteiger partial charge in [-0.15, -0.1) is 0 Å². The Kier molecular flexibility index (Phi) is 6.71. The van der Waals surface area contributed by atoms with E-state index in [4.69, 9.17) is 16.3 Å². The average Bonchev–Trinajstić information content (AvgIpc) is 2.60. The van der Waals surface area contributed by atoms with Crippen LogP contribution in [0.2, 0.25) is 5.02 Å². The van der Waals surface area contributed by atoms with Crippen LogP contribution in [0.3, 0.4) is 0 Å². The normalized spacial score (nSPS) is 18.9. The van der Waals surface area contributed by atoms with Crippen LogP contribution in [0.1, 0.15) is 18.0 Å². The highest BCUT2D eigenvalue weighted by molar-refractivity contribution is 9.12. The maximum atomic E-state index is 14.8. The molecule has 0 amide bonds. The highest BCUT2D eigenvalue weighted by Gasteiger charge is 2.32. The van der Waals surface area contributed by atoms with Gasteiger partial charge in [0.2, 0.25) is 0 Å². The van der Waals surface area contributed by atoms with Crippen LogP contribution < -0.4 is 10.1 Å². The number of nitrogens with zero attached hydrogens (tertiary/aromatic N) is 1. The molecule has 0 saturated carbocycles. The first-order chi connectivity index (χ1) is 12.6. The van der Waals surface area contributed by atoms with Crippen molar-refractivity contribution in [3.63, 3.8) is 0 Å². The van der Waals surface area contributed by atoms with Crippen molar-refractivity contribution in [2.45, 2.75) is 12.5 Å². The van der Waals surface area contributed by atoms with Crippen LogP contribution in [-0.2, 0) is 23.9 Å². The molecule has 1 unspecified atom stereocenters. The minimum absolute atomic E-state index is 0.00168. The zero-order valence-electron chi connectivity index (χ0n) is 14.4. The summed E-state index contributed by atoms with van der Waals surface area (Å²) in [4.78, 5) is 12.0. The molecule has 0 spiro atoms. The van der Waals surface area contributed by atoms with Crippen LogP contribution in [0.15, 0.2) is 27.5 Å². The number of carbonyl (C=O) groups excluding carboxylic acids is 1. The number of nitrogens with one attached hydrogen (secondary N) is 1. The van der Waals surface area contributed by atoms with E-state index in [9.17, 15) is 17.6 Å². The largest absolute Gasteiger partial charge is 0.492 e. The summed E-state index contributed by atoms with van der Waals surface area (Å²) in [5, 5.41) is 6.48. The molecule has 1 aromatic carbocycles. The summed E-state index contributed by atoms with van der Waals surface area (Å²) in [5.74, 6) is -1.65. The van der Waals surface area contributed by atoms with Crippen molar-refractivity contribution in [3.05, 3.63) is 38.7 Å². The second-order valence-electron chi connectivity index (χ2n) is 5.38. The van der Waals surface area contributed by atoms with E-state index >= 15 is 0 Å². The van der Waals surface area contributed by atoms with Gasteiger partial charge in [0.1, 0.15) is 11.4 Å². The minimum Gasteiger partial charge on any atom is -0.492 e. The molecule has 1 aliphatic rings. The smallest absolute Gasteiger partial charge is 0.355 e. The highest BCUT2D eigenvalue weighted by atomic mass is 79.9. The van der Waals surface area contributed by atoms with Gasteiger partial charge in [-0.1, -0.05) is 22.8 Å². The van der Waals surface area contributed by atoms with Gasteiger partial charge in [0.15, 0.2) is 11.6 Å². The first-order valence-corrected chi connectivity index (χ1v) is 10.3. The molecular formula is C15H15BrClFN2O6S. The number of benzene rings is 1. The number of ether oxygens (including phenoxy) is 2. The molecule has 0 aliphatic carbocycles. The Morgan fingerprint density at radius 3 is 2.63 bits per heavy atom. The number of allylic oxidation sites excluding steroid dienone is 1. The predicted molar refractivity (Wildman–Crippen MR) is 99.8 cm³/mol. The van der Waals surface area contributed by atoms with Crippen molar-refractivity contribution < 1.29 is 31.4 Å². The number of hydrogen-bond acceptors (Lipinski definition) is 8. The van der Waals surface area contributed by atoms with Gasteiger partial charge in [-0.05, 0) is 22.0 Å². The quantitative estimate of drug-likeness (QED) is 0.505. The van der Waals surface area contributed by atoms with Crippen molar-refractivity contribution in [1.82, 2.24) is 5.32 Å². The van der Waals surface area contributed by atoms with E-state index in [1.165, 1.54) is 19.2 Å². The second-order valence-corrected chi connectivity index (χ2v) is 8.14. The number of oxime groups is 1. The molecule has 2 rings (SSSR count). The van der Waals surface area contributed by atoms with Crippen molar-refractivity contribution in [2.75, 3.05) is 20.5 Å². The van der Waals surface area contributed by atoms with Crippen LogP contribution in [0, 0.1) is 5.82 Å². The fourth-order valence-corrected chi connectivity index (χ4v) is 3.31. The van der Waals surface area contributed by atoms with Crippen LogP contribution in [0.4, 0.5) is 4.39 Å². The molecule has 1 aromatic rings. The molecule has 148 valence electrons. The standard InChI is InChI=1S/C15H15BrClFN2O6S/c1-24-14-8(17)5-4-7(12(14)18)9-6-10(20-26-27(3,22)23)11(16)13(19-9)15(21)25-2/h4-5,9,19H,6H2,1-3H3/b20-10+. The molecule has 0 saturated heterocycles. The summed E-state index contributed by atoms with van der Waals surface area (Å²) in [6, 6.07) is 2.06. The third-order valence-electron chi connectivity index (χ3n) is 3.52. The highest BCUT2D eigenvalue weighted by Crippen LogP contribution is 2.37. The fourth-order valence-electron chi connectivity index (χ4n) is 2.35. The molecule has 0 aromatic heterocycles. The molecule has 0 fully saturated rings. The van der Waals surface area contributed by atoms with Gasteiger partial charge in [0.05, 0.1) is 36.0 Å². The van der Waals surface area contributed by atoms with E-state index in [1.54, 1.807) is 0 Å². The number of hydrogen-bond donors (Lipinski definition) is 1. The molecule has 1 N–H and O–H groups in total. The Hall–Kier alpha value is -1.85. The van der Waals surface area contributed by atoms with E-state index < -0.39 is 27.9 Å². The molecule has 1 heterocycles. The zero-order chi connectivity index (χ0) is 20.4. The Balaban J connectivity index is 2.54. The van der Waals surface area contributed by atoms with E-state index in [1.807, 2.05) is 0 Å². The molecule has 27 heavy (non-hydrogen) atoms. The lowest BCUT2D eigenvalue weighted by molar-refractivity contribution is -0.136. The fraction of sp³-hybridized carbons (Fsp3) is 0.333. The lowest BCUT2D eigenvalue weighted by atomic mass is 9.96. The lowest BCUT2D eigenvalue weighted by Gasteiger charge is -2.28. The number of halogens is 3. The number of carbonyl (C=O) groups is 1. The lowest BCUT2D eigenvalue weighted by Crippen LogP contribution is -2.35. The summed E-state index contributed by atoms with van der Waals surface area (Å²) >= 11 is 9.07. The maximum absolute atomic E-state index is 14.8. The van der Waals surface area contributed by atoms with Gasteiger partial charge in [0.25, 0.3) is 0 Å². The summed E-state index contributed by atoms with van der Waals surface area (Å²) in [7, 11) is -1.44. The van der Waals surface area contributed by atoms with E-state index in [0.717, 1.165) is 13.4 Å². The van der Waals surface area contributed by atoms with Crippen molar-refractivity contribution in [2.24, 2.45) is 5.16 Å². The van der Waals surface area contributed by atoms with E-state index in [0.29, 0.717) is 0 Å². The topological polar surface area (TPSA) is 103 Å². The molecule has 1 atom stereocenters. The summed E-state index contributed by atoms with van der Waals surface area (Å²) in [5.41, 5.74) is 0.125. The van der Waals surface area contributed by atoms with Crippen molar-refractivity contribution >= 4 is 49.3 Å². The maximum Gasteiger partial charge on any atom is 0.355 e. The van der Waals surface area contributed by atoms with Crippen LogP contribution in [0.5, 0.6) is 5.75 Å².